The van der Waals surface area contributed by atoms with Crippen molar-refractivity contribution in [1.82, 2.24) is 15.2 Å². The average Bonchev–Trinajstić information content (AvgIpc) is 3.36. The molecule has 0 saturated carbocycles. The zero-order chi connectivity index (χ0) is 21.8. The monoisotopic (exact) mass is 430 g/mol. The third-order valence-corrected chi connectivity index (χ3v) is 7.19. The molecule has 2 amide bonds. The van der Waals surface area contributed by atoms with E-state index in [1.165, 1.54) is 0 Å². The van der Waals surface area contributed by atoms with E-state index in [4.69, 9.17) is 4.74 Å². The fourth-order valence-corrected chi connectivity index (χ4v) is 5.49. The first kappa shape index (κ1) is 19.4. The average molecular weight is 431 g/mol. The Labute approximate surface area is 186 Å². The van der Waals surface area contributed by atoms with Crippen molar-refractivity contribution in [1.29, 1.82) is 0 Å². The highest BCUT2D eigenvalue weighted by Gasteiger charge is 2.53. The van der Waals surface area contributed by atoms with Gasteiger partial charge in [-0.2, -0.15) is 0 Å². The van der Waals surface area contributed by atoms with Crippen LogP contribution >= 0.6 is 0 Å². The van der Waals surface area contributed by atoms with E-state index in [0.717, 1.165) is 35.0 Å². The van der Waals surface area contributed by atoms with Gasteiger partial charge in [-0.25, -0.2) is 0 Å². The molecule has 1 unspecified atom stereocenters. The Bertz CT molecular complexity index is 1210. The first-order valence-electron chi connectivity index (χ1n) is 11.2. The standard InChI is InChI=1S/C25H26N4O3/c30-22(13-17-14-26-20-7-3-1-5-18(17)20)29-11-9-24(10-12-29)15-25(16-32-24)27-21-8-4-2-6-19(21)23(31)28-25/h1-8,14,26-27H,9-13,15-16H2,(H,28,31). The van der Waals surface area contributed by atoms with Gasteiger partial charge in [0, 0.05) is 42.3 Å². The largest absolute Gasteiger partial charge is 0.370 e. The van der Waals surface area contributed by atoms with E-state index in [-0.39, 0.29) is 17.4 Å². The van der Waals surface area contributed by atoms with Gasteiger partial charge >= 0.3 is 0 Å². The molecule has 7 nitrogen and oxygen atoms in total. The molecule has 3 N–H and O–H groups in total. The van der Waals surface area contributed by atoms with Gasteiger partial charge in [-0.05, 0) is 36.6 Å². The Hall–Kier alpha value is -3.32. The molecule has 0 bridgehead atoms. The first-order valence-corrected chi connectivity index (χ1v) is 11.2. The van der Waals surface area contributed by atoms with Crippen LogP contribution in [0.1, 0.15) is 35.2 Å². The summed E-state index contributed by atoms with van der Waals surface area (Å²) in [7, 11) is 0. The number of nitrogens with one attached hydrogen (secondary N) is 3. The van der Waals surface area contributed by atoms with Crippen molar-refractivity contribution in [2.24, 2.45) is 0 Å². The molecule has 3 aliphatic heterocycles. The molecule has 3 aliphatic rings. The molecular weight excluding hydrogens is 404 g/mol. The van der Waals surface area contributed by atoms with Crippen LogP contribution in [-0.4, -0.2) is 52.7 Å². The Kier molecular flexibility index (Phi) is 4.30. The summed E-state index contributed by atoms with van der Waals surface area (Å²) < 4.78 is 6.31. The number of ether oxygens (including phenoxy) is 1. The van der Waals surface area contributed by atoms with Crippen molar-refractivity contribution in [3.8, 4) is 0 Å². The number of aromatic nitrogens is 1. The van der Waals surface area contributed by atoms with Crippen LogP contribution in [0.25, 0.3) is 10.9 Å². The summed E-state index contributed by atoms with van der Waals surface area (Å²) in [5.74, 6) is 0.0849. The molecule has 2 saturated heterocycles. The van der Waals surface area contributed by atoms with E-state index in [2.05, 4.69) is 21.7 Å². The number of carbonyl (C=O) groups excluding carboxylic acids is 2. The number of nitrogens with zero attached hydrogens (tertiary/aromatic N) is 1. The van der Waals surface area contributed by atoms with Gasteiger partial charge in [0.2, 0.25) is 5.91 Å². The molecule has 0 aliphatic carbocycles. The Morgan fingerprint density at radius 3 is 2.69 bits per heavy atom. The summed E-state index contributed by atoms with van der Waals surface area (Å²) in [6, 6.07) is 15.6. The summed E-state index contributed by atoms with van der Waals surface area (Å²) in [4.78, 5) is 30.8. The van der Waals surface area contributed by atoms with Gasteiger partial charge in [0.1, 0.15) is 5.66 Å². The highest BCUT2D eigenvalue weighted by Crippen LogP contribution is 2.43. The Morgan fingerprint density at radius 1 is 1.03 bits per heavy atom. The van der Waals surface area contributed by atoms with Gasteiger partial charge in [0.25, 0.3) is 5.91 Å². The van der Waals surface area contributed by atoms with E-state index in [0.29, 0.717) is 38.1 Å². The van der Waals surface area contributed by atoms with Crippen LogP contribution in [0, 0.1) is 0 Å². The van der Waals surface area contributed by atoms with Crippen LogP contribution in [0.2, 0.25) is 0 Å². The number of aromatic amines is 1. The lowest BCUT2D eigenvalue weighted by Gasteiger charge is -2.41. The van der Waals surface area contributed by atoms with E-state index < -0.39 is 5.66 Å². The number of H-pyrrole nitrogens is 1. The second-order valence-electron chi connectivity index (χ2n) is 9.27. The maximum Gasteiger partial charge on any atom is 0.255 e. The molecule has 0 radical (unpaired) electrons. The molecule has 2 aromatic carbocycles. The molecule has 3 aromatic rings. The lowest BCUT2D eigenvalue weighted by Crippen LogP contribution is -2.59. The number of hydrogen-bond acceptors (Lipinski definition) is 4. The smallest absolute Gasteiger partial charge is 0.255 e. The second kappa shape index (κ2) is 7.10. The number of fused-ring (bicyclic) bond motifs is 2. The number of para-hydroxylation sites is 2. The molecule has 164 valence electrons. The van der Waals surface area contributed by atoms with Crippen LogP contribution < -0.4 is 10.6 Å². The zero-order valence-electron chi connectivity index (χ0n) is 17.8. The lowest BCUT2D eigenvalue weighted by molar-refractivity contribution is -0.135. The van der Waals surface area contributed by atoms with E-state index >= 15 is 0 Å². The van der Waals surface area contributed by atoms with Crippen molar-refractivity contribution in [2.75, 3.05) is 25.0 Å². The molecule has 2 spiro atoms. The molecule has 4 heterocycles. The van der Waals surface area contributed by atoms with Crippen LogP contribution in [-0.2, 0) is 16.0 Å². The predicted molar refractivity (Wildman–Crippen MR) is 121 cm³/mol. The molecule has 2 fully saturated rings. The number of hydrogen-bond donors (Lipinski definition) is 3. The van der Waals surface area contributed by atoms with Gasteiger partial charge in [-0.3, -0.25) is 9.59 Å². The normalized spacial score (nSPS) is 23.9. The number of piperidine rings is 1. The molecule has 32 heavy (non-hydrogen) atoms. The summed E-state index contributed by atoms with van der Waals surface area (Å²) in [6.07, 6.45) is 4.58. The minimum atomic E-state index is -0.582. The summed E-state index contributed by atoms with van der Waals surface area (Å²) >= 11 is 0. The molecule has 1 atom stereocenters. The number of likely N-dealkylation sites (tertiary alicyclic amines) is 1. The number of rotatable bonds is 2. The number of benzene rings is 2. The van der Waals surface area contributed by atoms with Gasteiger partial charge in [0.05, 0.1) is 24.2 Å². The first-order chi connectivity index (χ1) is 15.5. The third kappa shape index (κ3) is 3.15. The minimum Gasteiger partial charge on any atom is -0.370 e. The topological polar surface area (TPSA) is 86.5 Å². The quantitative estimate of drug-likeness (QED) is 0.583. The summed E-state index contributed by atoms with van der Waals surface area (Å²) in [5.41, 5.74) is 2.71. The van der Waals surface area contributed by atoms with E-state index in [1.807, 2.05) is 53.6 Å². The van der Waals surface area contributed by atoms with Crippen LogP contribution in [0.15, 0.2) is 54.7 Å². The molecule has 6 rings (SSSR count). The van der Waals surface area contributed by atoms with Gasteiger partial charge in [-0.1, -0.05) is 30.3 Å². The predicted octanol–water partition coefficient (Wildman–Crippen LogP) is 3.04. The Morgan fingerprint density at radius 2 is 1.81 bits per heavy atom. The van der Waals surface area contributed by atoms with E-state index in [1.54, 1.807) is 0 Å². The van der Waals surface area contributed by atoms with Gasteiger partial charge in [0.15, 0.2) is 0 Å². The highest BCUT2D eigenvalue weighted by molar-refractivity contribution is 6.02. The highest BCUT2D eigenvalue weighted by atomic mass is 16.5. The minimum absolute atomic E-state index is 0.0636. The molecular formula is C25H26N4O3. The maximum absolute atomic E-state index is 13.0. The van der Waals surface area contributed by atoms with Crippen molar-refractivity contribution in [2.45, 2.75) is 36.9 Å². The summed E-state index contributed by atoms with van der Waals surface area (Å²) in [5, 5.41) is 7.76. The number of amides is 2. The third-order valence-electron chi connectivity index (χ3n) is 7.19. The maximum atomic E-state index is 13.0. The molecule has 1 aromatic heterocycles. The summed E-state index contributed by atoms with van der Waals surface area (Å²) in [6.45, 7) is 1.76. The van der Waals surface area contributed by atoms with Crippen LogP contribution in [0.5, 0.6) is 0 Å². The zero-order valence-corrected chi connectivity index (χ0v) is 17.8. The van der Waals surface area contributed by atoms with Crippen LogP contribution in [0.3, 0.4) is 0 Å². The molecule has 7 heteroatoms. The van der Waals surface area contributed by atoms with Gasteiger partial charge < -0.3 is 25.3 Å². The lowest BCUT2D eigenvalue weighted by atomic mass is 9.84. The second-order valence-corrected chi connectivity index (χ2v) is 9.27. The fraction of sp³-hybridized carbons (Fsp3) is 0.360. The van der Waals surface area contributed by atoms with E-state index in [9.17, 15) is 9.59 Å². The van der Waals surface area contributed by atoms with Gasteiger partial charge in [-0.15, -0.1) is 0 Å². The number of anilines is 1. The van der Waals surface area contributed by atoms with Crippen molar-refractivity contribution < 1.29 is 14.3 Å². The van der Waals surface area contributed by atoms with Crippen molar-refractivity contribution in [3.05, 3.63) is 65.9 Å². The van der Waals surface area contributed by atoms with Crippen molar-refractivity contribution in [3.63, 3.8) is 0 Å². The fourth-order valence-electron chi connectivity index (χ4n) is 5.49. The van der Waals surface area contributed by atoms with Crippen molar-refractivity contribution >= 4 is 28.4 Å². The SMILES string of the molecule is O=C1NC2(COC3(CCN(C(=O)Cc4c[nH]c5ccccc45)CC3)C2)Nc2ccccc21. The van der Waals surface area contributed by atoms with Crippen LogP contribution in [0.4, 0.5) is 5.69 Å². The number of carbonyl (C=O) groups is 2. The Balaban J connectivity index is 1.12.